The van der Waals surface area contributed by atoms with Crippen molar-refractivity contribution in [2.24, 2.45) is 0 Å². The molecule has 5 aromatic rings. The Hall–Kier alpha value is -4.76. The third-order valence-corrected chi connectivity index (χ3v) is 7.38. The zero-order valence-corrected chi connectivity index (χ0v) is 18.4. The number of thiazole rings is 2. The normalized spacial score (nSPS) is 10.9. The summed E-state index contributed by atoms with van der Waals surface area (Å²) in [6.07, 6.45) is 0. The number of nitrogens with zero attached hydrogens (tertiary/aromatic N) is 6. The maximum Gasteiger partial charge on any atom is 0.186 e. The van der Waals surface area contributed by atoms with Crippen LogP contribution in [0.15, 0.2) is 0 Å². The Kier molecular flexibility index (Phi) is 5.04. The Balaban J connectivity index is 2.16. The molecule has 0 spiro atoms. The smallest absolute Gasteiger partial charge is 0.186 e. The topological polar surface area (TPSA) is 121 Å². The fourth-order valence-corrected chi connectivity index (χ4v) is 5.79. The quantitative estimate of drug-likeness (QED) is 0.217. The van der Waals surface area contributed by atoms with Crippen molar-refractivity contribution in [3.05, 3.63) is 44.2 Å². The van der Waals surface area contributed by atoms with E-state index in [1.807, 2.05) is 0 Å². The predicted molar refractivity (Wildman–Crippen MR) is 116 cm³/mol. The molecule has 36 heavy (non-hydrogen) atoms. The molecule has 0 amide bonds. The van der Waals surface area contributed by atoms with E-state index in [2.05, 4.69) is 9.97 Å². The van der Waals surface area contributed by atoms with Crippen LogP contribution in [0, 0.1) is 80.2 Å². The Labute approximate surface area is 201 Å². The van der Waals surface area contributed by atoms with Gasteiger partial charge in [0.15, 0.2) is 34.4 Å². The summed E-state index contributed by atoms with van der Waals surface area (Å²) in [5.74, 6) is -10.6. The van der Waals surface area contributed by atoms with Gasteiger partial charge in [0.2, 0.25) is 0 Å². The van der Waals surface area contributed by atoms with Gasteiger partial charge in [0.25, 0.3) is 0 Å². The van der Waals surface area contributed by atoms with Crippen LogP contribution >= 0.6 is 22.7 Å². The van der Waals surface area contributed by atoms with Crippen molar-refractivity contribution in [1.29, 1.82) is 21.0 Å². The van der Waals surface area contributed by atoms with Crippen LogP contribution in [0.2, 0.25) is 0 Å². The van der Waals surface area contributed by atoms with Gasteiger partial charge in [-0.2, -0.15) is 21.0 Å². The molecule has 0 aliphatic heterocycles. The zero-order valence-electron chi connectivity index (χ0n) is 16.8. The third-order valence-electron chi connectivity index (χ3n) is 5.20. The van der Waals surface area contributed by atoms with Crippen molar-refractivity contribution < 1.29 is 26.3 Å². The highest BCUT2D eigenvalue weighted by atomic mass is 32.1. The zero-order chi connectivity index (χ0) is 26.0. The fourth-order valence-electron chi connectivity index (χ4n) is 3.69. The van der Waals surface area contributed by atoms with Gasteiger partial charge in [-0.25, -0.2) is 36.3 Å². The van der Waals surface area contributed by atoms with Gasteiger partial charge >= 0.3 is 0 Å². The number of nitriles is 4. The van der Waals surface area contributed by atoms with Crippen molar-refractivity contribution in [3.8, 4) is 24.3 Å². The number of halogens is 6. The monoisotopic (exact) mass is 526 g/mol. The van der Waals surface area contributed by atoms with Crippen molar-refractivity contribution in [2.75, 3.05) is 0 Å². The molecule has 3 aromatic carbocycles. The molecule has 14 heteroatoms. The summed E-state index contributed by atoms with van der Waals surface area (Å²) in [5.41, 5.74) is -2.93. The summed E-state index contributed by atoms with van der Waals surface area (Å²) in [6.45, 7) is 0. The van der Waals surface area contributed by atoms with Gasteiger partial charge in [0.1, 0.15) is 56.3 Å². The minimum atomic E-state index is -1.90. The minimum absolute atomic E-state index is 0.358. The Bertz CT molecular complexity index is 1980. The summed E-state index contributed by atoms with van der Waals surface area (Å²) >= 11 is 0.716. The highest BCUT2D eigenvalue weighted by Crippen LogP contribution is 2.43. The van der Waals surface area contributed by atoms with E-state index in [0.717, 1.165) is 0 Å². The molecule has 0 unspecified atom stereocenters. The SMILES string of the molecule is N#CC(C#N)=c1nc2c(F)c(F)c3c(F)c4c(c(F)c(F)c5nc(=C(C#N)C#N)sc54)c(F)c3c2s1. The summed E-state index contributed by atoms with van der Waals surface area (Å²) in [6, 6.07) is 5.92. The lowest BCUT2D eigenvalue weighted by atomic mass is 9.99. The molecule has 0 radical (unpaired) electrons. The van der Waals surface area contributed by atoms with Crippen molar-refractivity contribution in [3.63, 3.8) is 0 Å². The van der Waals surface area contributed by atoms with Crippen LogP contribution < -0.4 is 9.33 Å². The van der Waals surface area contributed by atoms with E-state index < -0.39 is 97.4 Å². The second-order valence-corrected chi connectivity index (χ2v) is 8.97. The highest BCUT2D eigenvalue weighted by molar-refractivity contribution is 7.18. The van der Waals surface area contributed by atoms with Crippen LogP contribution in [-0.2, 0) is 0 Å². The first kappa shape index (κ1) is 23.0. The molecular formula is C22F6N6S2. The maximum absolute atomic E-state index is 15.8. The van der Waals surface area contributed by atoms with Crippen LogP contribution in [0.25, 0.3) is 53.1 Å². The first-order valence-corrected chi connectivity index (χ1v) is 10.9. The molecule has 6 nitrogen and oxygen atoms in total. The van der Waals surface area contributed by atoms with Gasteiger partial charge in [-0.1, -0.05) is 0 Å². The highest BCUT2D eigenvalue weighted by Gasteiger charge is 2.31. The lowest BCUT2D eigenvalue weighted by molar-refractivity contribution is 0.514. The number of fused-ring (bicyclic) bond motifs is 6. The van der Waals surface area contributed by atoms with Gasteiger partial charge in [0.05, 0.1) is 20.2 Å². The van der Waals surface area contributed by atoms with Gasteiger partial charge in [-0.3, -0.25) is 0 Å². The lowest BCUT2D eigenvalue weighted by Crippen LogP contribution is -2.02. The molecule has 2 aromatic heterocycles. The number of aromatic nitrogens is 2. The average molecular weight is 526 g/mol. The van der Waals surface area contributed by atoms with E-state index in [1.54, 1.807) is 0 Å². The largest absolute Gasteiger partial charge is 0.231 e. The molecular weight excluding hydrogens is 526 g/mol. The minimum Gasteiger partial charge on any atom is -0.231 e. The number of hydrogen-bond acceptors (Lipinski definition) is 8. The number of hydrogen-bond donors (Lipinski definition) is 0. The average Bonchev–Trinajstić information content (AvgIpc) is 3.49. The summed E-state index contributed by atoms with van der Waals surface area (Å²) in [5, 5.41) is 31.7. The molecule has 172 valence electrons. The Morgan fingerprint density at radius 3 is 1.14 bits per heavy atom. The van der Waals surface area contributed by atoms with E-state index in [-0.39, 0.29) is 0 Å². The second-order valence-electron chi connectivity index (χ2n) is 6.97. The van der Waals surface area contributed by atoms with Crippen LogP contribution in [0.3, 0.4) is 0 Å². The van der Waals surface area contributed by atoms with E-state index in [9.17, 15) is 8.78 Å². The van der Waals surface area contributed by atoms with E-state index in [0.29, 0.717) is 22.7 Å². The number of rotatable bonds is 0. The van der Waals surface area contributed by atoms with E-state index >= 15 is 17.6 Å². The fraction of sp³-hybridized carbons (Fsp3) is 0. The van der Waals surface area contributed by atoms with Crippen molar-refractivity contribution >= 4 is 75.8 Å². The van der Waals surface area contributed by atoms with Gasteiger partial charge < -0.3 is 0 Å². The Morgan fingerprint density at radius 1 is 0.500 bits per heavy atom. The molecule has 0 saturated heterocycles. The van der Waals surface area contributed by atoms with Crippen LogP contribution in [0.1, 0.15) is 0 Å². The first-order valence-electron chi connectivity index (χ1n) is 9.24. The van der Waals surface area contributed by atoms with Crippen LogP contribution in [-0.4, -0.2) is 9.97 Å². The molecule has 0 atom stereocenters. The van der Waals surface area contributed by atoms with Gasteiger partial charge in [-0.15, -0.1) is 22.7 Å². The van der Waals surface area contributed by atoms with E-state index in [4.69, 9.17) is 21.0 Å². The molecule has 5 rings (SSSR count). The van der Waals surface area contributed by atoms with Crippen LogP contribution in [0.5, 0.6) is 0 Å². The summed E-state index contributed by atoms with van der Waals surface area (Å²) in [7, 11) is 0. The molecule has 0 bridgehead atoms. The van der Waals surface area contributed by atoms with Crippen molar-refractivity contribution in [1.82, 2.24) is 9.97 Å². The molecule has 0 aliphatic rings. The molecule has 0 aliphatic carbocycles. The van der Waals surface area contributed by atoms with Crippen molar-refractivity contribution in [2.45, 2.75) is 0 Å². The molecule has 0 saturated carbocycles. The van der Waals surface area contributed by atoms with Gasteiger partial charge in [-0.05, 0) is 0 Å². The summed E-state index contributed by atoms with van der Waals surface area (Å²) < 4.78 is 89.5. The number of benzene rings is 3. The first-order chi connectivity index (χ1) is 17.2. The standard InChI is InChI=1S/C22F6N6S2/c23-11-8-10(20-18(16(28)14(8)26)34-22(36-20)6(3-31)4-32)12(24)7-9(11)19-17(15(27)13(7)25)33-21(35-19)5(1-29)2-30. The summed E-state index contributed by atoms with van der Waals surface area (Å²) in [4.78, 5) is 7.28. The predicted octanol–water partition coefficient (Wildman–Crippen LogP) is 4.44. The van der Waals surface area contributed by atoms with E-state index in [1.165, 1.54) is 24.3 Å². The molecule has 0 fully saturated rings. The lowest BCUT2D eigenvalue weighted by Gasteiger charge is -2.11. The molecule has 2 heterocycles. The molecule has 0 N–H and O–H groups in total. The van der Waals surface area contributed by atoms with Crippen LogP contribution in [0.4, 0.5) is 26.3 Å². The Morgan fingerprint density at radius 2 is 0.833 bits per heavy atom. The van der Waals surface area contributed by atoms with Gasteiger partial charge in [0, 0.05) is 10.8 Å². The maximum atomic E-state index is 15.8. The third kappa shape index (κ3) is 2.80. The second kappa shape index (κ2) is 7.89.